The zero-order valence-electron chi connectivity index (χ0n) is 26.6. The van der Waals surface area contributed by atoms with E-state index < -0.39 is 5.82 Å². The molecule has 4 aliphatic rings. The highest BCUT2D eigenvalue weighted by atomic mass is 35.5. The van der Waals surface area contributed by atoms with Crippen molar-refractivity contribution in [2.24, 2.45) is 5.92 Å². The monoisotopic (exact) mass is 678 g/mol. The molecule has 0 spiro atoms. The number of benzene rings is 2. The Labute approximate surface area is 282 Å². The van der Waals surface area contributed by atoms with Crippen molar-refractivity contribution in [2.75, 3.05) is 32.8 Å². The lowest BCUT2D eigenvalue weighted by Gasteiger charge is -2.40. The fourth-order valence-corrected chi connectivity index (χ4v) is 8.09. The van der Waals surface area contributed by atoms with Crippen molar-refractivity contribution in [1.29, 1.82) is 5.26 Å². The van der Waals surface area contributed by atoms with Crippen LogP contribution >= 0.6 is 23.2 Å². The molecule has 47 heavy (non-hydrogen) atoms. The summed E-state index contributed by atoms with van der Waals surface area (Å²) >= 11 is 12.9. The van der Waals surface area contributed by atoms with Crippen LogP contribution in [0.2, 0.25) is 10.0 Å². The molecule has 1 aliphatic carbocycles. The van der Waals surface area contributed by atoms with Gasteiger partial charge in [0.05, 0.1) is 52.8 Å². The van der Waals surface area contributed by atoms with Gasteiger partial charge in [0, 0.05) is 66.4 Å². The van der Waals surface area contributed by atoms with Crippen LogP contribution in [0.1, 0.15) is 50.9 Å². The van der Waals surface area contributed by atoms with Crippen molar-refractivity contribution in [3.8, 4) is 28.8 Å². The van der Waals surface area contributed by atoms with Crippen molar-refractivity contribution in [3.63, 3.8) is 0 Å². The summed E-state index contributed by atoms with van der Waals surface area (Å²) in [6.07, 6.45) is 1.44. The number of nitrogens with one attached hydrogen (secondary N) is 1. The number of amides is 1. The normalized spacial score (nSPS) is 21.2. The summed E-state index contributed by atoms with van der Waals surface area (Å²) in [5.74, 6) is -0.00229. The van der Waals surface area contributed by atoms with Gasteiger partial charge in [0.1, 0.15) is 11.3 Å². The van der Waals surface area contributed by atoms with E-state index in [-0.39, 0.29) is 69.3 Å². The molecule has 3 aliphatic heterocycles. The number of aromatic hydroxyl groups is 1. The van der Waals surface area contributed by atoms with E-state index in [1.54, 1.807) is 0 Å². The number of pyridine rings is 1. The van der Waals surface area contributed by atoms with Crippen LogP contribution in [-0.2, 0) is 17.8 Å². The molecule has 1 amide bonds. The van der Waals surface area contributed by atoms with Crippen LogP contribution in [0.4, 0.5) is 4.39 Å². The number of piperazine rings is 1. The number of carbonyl (C=O) groups is 1. The Morgan fingerprint density at radius 1 is 1.21 bits per heavy atom. The van der Waals surface area contributed by atoms with Crippen LogP contribution in [0.5, 0.6) is 11.6 Å². The van der Waals surface area contributed by atoms with E-state index >= 15 is 4.39 Å². The van der Waals surface area contributed by atoms with Crippen LogP contribution in [0.15, 0.2) is 24.3 Å². The third-order valence-electron chi connectivity index (χ3n) is 10.0. The van der Waals surface area contributed by atoms with Gasteiger partial charge in [-0.2, -0.15) is 5.26 Å². The number of hydrogen-bond acceptors (Lipinski definition) is 7. The minimum absolute atomic E-state index is 0.0839. The van der Waals surface area contributed by atoms with Crippen molar-refractivity contribution < 1.29 is 19.0 Å². The van der Waals surface area contributed by atoms with E-state index in [2.05, 4.69) is 40.8 Å². The van der Waals surface area contributed by atoms with E-state index in [1.165, 1.54) is 12.1 Å². The number of fused-ring (bicyclic) bond motifs is 4. The summed E-state index contributed by atoms with van der Waals surface area (Å²) in [7, 11) is 0. The molecule has 4 aromatic rings. The third-order valence-corrected chi connectivity index (χ3v) is 10.8. The molecule has 4 fully saturated rings. The molecule has 2 N–H and O–H groups in total. The maximum Gasteiger partial charge on any atom is 0.237 e. The number of ether oxygens (including phenoxy) is 1. The number of hydrogen-bond donors (Lipinski definition) is 2. The van der Waals surface area contributed by atoms with Gasteiger partial charge in [0.25, 0.3) is 0 Å². The second-order valence-electron chi connectivity index (χ2n) is 13.1. The molecule has 3 saturated heterocycles. The second-order valence-corrected chi connectivity index (χ2v) is 13.9. The van der Waals surface area contributed by atoms with E-state index in [0.717, 1.165) is 36.1 Å². The van der Waals surface area contributed by atoms with Crippen molar-refractivity contribution in [2.45, 2.75) is 64.7 Å². The highest BCUT2D eigenvalue weighted by molar-refractivity contribution is 6.44. The number of nitrogens with zero attached hydrogens (tertiary/aromatic N) is 5. The Morgan fingerprint density at radius 3 is 2.68 bits per heavy atom. The van der Waals surface area contributed by atoms with Crippen molar-refractivity contribution >= 4 is 50.9 Å². The molecule has 1 unspecified atom stereocenters. The maximum absolute atomic E-state index is 17.1. The standard InChI is InChI=1S/C35H37Cl2FN6O3/c1-4-47-35-25-12-21(16-43-9-8-42(18(2)3)17-28(43)46)44(33-20-11-27(33)40-15-20)34(25)24-10-19(6-5-7-39)29(31(38)32(24)41-35)23-13-22(45)14-26(36)30(23)37/h10,12-14,18,20,27,33,40,45H,4-6,8-9,11,15-17H2,1-3H3/t20-,27-,33?/m1/s1. The van der Waals surface area contributed by atoms with Gasteiger partial charge in [-0.3, -0.25) is 9.69 Å². The summed E-state index contributed by atoms with van der Waals surface area (Å²) in [4.78, 5) is 22.2. The Morgan fingerprint density at radius 2 is 2.02 bits per heavy atom. The lowest BCUT2D eigenvalue weighted by molar-refractivity contribution is -0.137. The molecule has 0 radical (unpaired) electrons. The summed E-state index contributed by atoms with van der Waals surface area (Å²) in [6.45, 7) is 9.50. The first kappa shape index (κ1) is 32.0. The van der Waals surface area contributed by atoms with E-state index in [1.807, 2.05) is 17.9 Å². The average Bonchev–Trinajstić information content (AvgIpc) is 3.76. The van der Waals surface area contributed by atoms with Crippen LogP contribution in [-0.4, -0.2) is 75.2 Å². The molecule has 9 nitrogen and oxygen atoms in total. The van der Waals surface area contributed by atoms with Gasteiger partial charge in [-0.05, 0) is 63.3 Å². The van der Waals surface area contributed by atoms with Gasteiger partial charge in [-0.15, -0.1) is 0 Å². The van der Waals surface area contributed by atoms with E-state index in [0.29, 0.717) is 49.0 Å². The molecule has 2 bridgehead atoms. The van der Waals surface area contributed by atoms with Gasteiger partial charge in [-0.1, -0.05) is 23.2 Å². The number of carbonyl (C=O) groups excluding carboxylic acids is 1. The Kier molecular flexibility index (Phi) is 8.46. The average molecular weight is 680 g/mol. The minimum Gasteiger partial charge on any atom is -0.508 e. The number of aryl methyl sites for hydroxylation is 1. The van der Waals surface area contributed by atoms with Gasteiger partial charge in [-0.25, -0.2) is 9.37 Å². The first-order valence-corrected chi connectivity index (χ1v) is 17.0. The number of halogens is 3. The largest absolute Gasteiger partial charge is 0.508 e. The summed E-state index contributed by atoms with van der Waals surface area (Å²) < 4.78 is 25.5. The van der Waals surface area contributed by atoms with Crippen LogP contribution < -0.4 is 10.1 Å². The lowest BCUT2D eigenvalue weighted by Crippen LogP contribution is -2.52. The molecule has 12 heteroatoms. The lowest BCUT2D eigenvalue weighted by atomic mass is 9.79. The summed E-state index contributed by atoms with van der Waals surface area (Å²) in [5.41, 5.74) is 2.77. The highest BCUT2D eigenvalue weighted by Crippen LogP contribution is 2.49. The fraction of sp³-hybridized carbons (Fsp3) is 0.457. The summed E-state index contributed by atoms with van der Waals surface area (Å²) in [6, 6.07) is 9.48. The van der Waals surface area contributed by atoms with Crippen molar-refractivity contribution in [3.05, 3.63) is 51.4 Å². The Hall–Kier alpha value is -3.62. The van der Waals surface area contributed by atoms with Crippen LogP contribution in [0, 0.1) is 23.1 Å². The number of aromatic nitrogens is 2. The number of phenols is 1. The predicted octanol–water partition coefficient (Wildman–Crippen LogP) is 6.45. The van der Waals surface area contributed by atoms with E-state index in [9.17, 15) is 15.2 Å². The Bertz CT molecular complexity index is 1940. The molecule has 3 atom stereocenters. The zero-order chi connectivity index (χ0) is 33.1. The SMILES string of the molecule is CCOc1nc2c(F)c(-c3cc(O)cc(Cl)c3Cl)c(CCC#N)cc2c2c1cc(CN1CCN(C(C)C)CC1=O)n2C1[C@H]2CN[C@@H]1C2. The maximum atomic E-state index is 17.1. The molecule has 246 valence electrons. The molecule has 1 saturated carbocycles. The first-order chi connectivity index (χ1) is 22.6. The Balaban J connectivity index is 1.48. The number of phenolic OH excluding ortho intramolecular Hbond substituents is 1. The topological polar surface area (TPSA) is 107 Å². The van der Waals surface area contributed by atoms with Gasteiger partial charge in [0.2, 0.25) is 11.8 Å². The molecule has 2 aromatic heterocycles. The highest BCUT2D eigenvalue weighted by Gasteiger charge is 2.49. The summed E-state index contributed by atoms with van der Waals surface area (Å²) in [5, 5.41) is 25.1. The van der Waals surface area contributed by atoms with Gasteiger partial charge >= 0.3 is 0 Å². The molecular weight excluding hydrogens is 642 g/mol. The molecular formula is C35H37Cl2FN6O3. The van der Waals surface area contributed by atoms with Crippen LogP contribution in [0.25, 0.3) is 32.9 Å². The smallest absolute Gasteiger partial charge is 0.237 e. The van der Waals surface area contributed by atoms with Gasteiger partial charge in [0.15, 0.2) is 5.82 Å². The molecule has 5 heterocycles. The zero-order valence-corrected chi connectivity index (χ0v) is 28.1. The van der Waals surface area contributed by atoms with Crippen LogP contribution in [0.3, 0.4) is 0 Å². The first-order valence-electron chi connectivity index (χ1n) is 16.2. The molecule has 2 aromatic carbocycles. The number of rotatable bonds is 9. The second kappa shape index (κ2) is 12.4. The third kappa shape index (κ3) is 5.38. The van der Waals surface area contributed by atoms with Gasteiger partial charge < -0.3 is 24.6 Å². The number of nitriles is 1. The van der Waals surface area contributed by atoms with E-state index in [4.69, 9.17) is 32.9 Å². The molecule has 8 rings (SSSR count). The predicted molar refractivity (Wildman–Crippen MR) is 180 cm³/mol. The quantitative estimate of drug-likeness (QED) is 0.210. The minimum atomic E-state index is -0.633. The van der Waals surface area contributed by atoms with Crippen molar-refractivity contribution in [1.82, 2.24) is 24.7 Å². The fourth-order valence-electron chi connectivity index (χ4n) is 7.67.